The van der Waals surface area contributed by atoms with E-state index in [0.29, 0.717) is 25.0 Å². The van der Waals surface area contributed by atoms with Crippen molar-refractivity contribution in [1.29, 1.82) is 0 Å². The summed E-state index contributed by atoms with van der Waals surface area (Å²) in [6.45, 7) is 5.11. The van der Waals surface area contributed by atoms with Crippen LogP contribution in [0.4, 0.5) is 0 Å². The van der Waals surface area contributed by atoms with E-state index in [0.717, 1.165) is 18.7 Å². The standard InChI is InChI=1S/C15H24N4O.HI/c1-2-20-14-13(8-7-9-17-14)12-18-15(16)19-10-5-3-4-6-11-19;/h7-9H,2-6,10-12H2,1H3,(H2,16,18);1H. The maximum atomic E-state index is 6.10. The summed E-state index contributed by atoms with van der Waals surface area (Å²) in [6, 6.07) is 3.88. The van der Waals surface area contributed by atoms with Crippen molar-refractivity contribution in [3.05, 3.63) is 23.9 Å². The molecule has 2 N–H and O–H groups in total. The van der Waals surface area contributed by atoms with Crippen molar-refractivity contribution in [2.45, 2.75) is 39.2 Å². The third-order valence-electron chi connectivity index (χ3n) is 3.47. The van der Waals surface area contributed by atoms with Crippen LogP contribution < -0.4 is 10.5 Å². The molecule has 0 bridgehead atoms. The summed E-state index contributed by atoms with van der Waals surface area (Å²) >= 11 is 0. The van der Waals surface area contributed by atoms with Crippen LogP contribution >= 0.6 is 24.0 Å². The zero-order valence-electron chi connectivity index (χ0n) is 12.6. The van der Waals surface area contributed by atoms with Gasteiger partial charge in [-0.1, -0.05) is 18.9 Å². The molecule has 0 aromatic carbocycles. The fourth-order valence-electron chi connectivity index (χ4n) is 2.38. The van der Waals surface area contributed by atoms with Crippen molar-refractivity contribution >= 4 is 29.9 Å². The summed E-state index contributed by atoms with van der Waals surface area (Å²) in [6.07, 6.45) is 6.72. The number of rotatable bonds is 4. The summed E-state index contributed by atoms with van der Waals surface area (Å²) in [7, 11) is 0. The highest BCUT2D eigenvalue weighted by molar-refractivity contribution is 14.0. The first-order valence-corrected chi connectivity index (χ1v) is 7.43. The molecule has 0 saturated carbocycles. The zero-order valence-corrected chi connectivity index (χ0v) is 15.0. The van der Waals surface area contributed by atoms with E-state index < -0.39 is 0 Å². The molecule has 2 heterocycles. The molecule has 0 spiro atoms. The molecule has 21 heavy (non-hydrogen) atoms. The van der Waals surface area contributed by atoms with Gasteiger partial charge in [0.2, 0.25) is 5.88 Å². The summed E-state index contributed by atoms with van der Waals surface area (Å²) in [4.78, 5) is 10.9. The van der Waals surface area contributed by atoms with Crippen LogP contribution in [0.1, 0.15) is 38.2 Å². The lowest BCUT2D eigenvalue weighted by atomic mass is 10.2. The number of likely N-dealkylation sites (tertiary alicyclic amines) is 1. The number of nitrogens with zero attached hydrogens (tertiary/aromatic N) is 3. The maximum Gasteiger partial charge on any atom is 0.218 e. The second-order valence-electron chi connectivity index (χ2n) is 4.98. The topological polar surface area (TPSA) is 63.7 Å². The van der Waals surface area contributed by atoms with Crippen molar-refractivity contribution in [1.82, 2.24) is 9.88 Å². The minimum Gasteiger partial charge on any atom is -0.478 e. The fourth-order valence-corrected chi connectivity index (χ4v) is 2.38. The molecular formula is C15H25IN4O. The van der Waals surface area contributed by atoms with Gasteiger partial charge in [-0.15, -0.1) is 24.0 Å². The van der Waals surface area contributed by atoms with Gasteiger partial charge in [0, 0.05) is 24.8 Å². The van der Waals surface area contributed by atoms with Crippen LogP contribution in [0.15, 0.2) is 23.3 Å². The maximum absolute atomic E-state index is 6.10. The Kier molecular flexibility index (Phi) is 8.41. The second-order valence-corrected chi connectivity index (χ2v) is 4.98. The number of hydrogen-bond donors (Lipinski definition) is 1. The third-order valence-corrected chi connectivity index (χ3v) is 3.47. The molecule has 1 aliphatic heterocycles. The molecule has 0 aliphatic carbocycles. The summed E-state index contributed by atoms with van der Waals surface area (Å²) in [5.74, 6) is 1.29. The van der Waals surface area contributed by atoms with E-state index in [1.54, 1.807) is 6.20 Å². The van der Waals surface area contributed by atoms with Crippen LogP contribution in [-0.2, 0) is 6.54 Å². The van der Waals surface area contributed by atoms with Gasteiger partial charge in [0.25, 0.3) is 0 Å². The van der Waals surface area contributed by atoms with Crippen LogP contribution in [0.25, 0.3) is 0 Å². The Morgan fingerprint density at radius 1 is 1.33 bits per heavy atom. The molecular weight excluding hydrogens is 379 g/mol. The predicted octanol–water partition coefficient (Wildman–Crippen LogP) is 2.79. The molecule has 1 aromatic heterocycles. The number of ether oxygens (including phenoxy) is 1. The molecule has 5 nitrogen and oxygen atoms in total. The predicted molar refractivity (Wildman–Crippen MR) is 96.2 cm³/mol. The van der Waals surface area contributed by atoms with Gasteiger partial charge >= 0.3 is 0 Å². The van der Waals surface area contributed by atoms with E-state index >= 15 is 0 Å². The highest BCUT2D eigenvalue weighted by atomic mass is 127. The monoisotopic (exact) mass is 404 g/mol. The Morgan fingerprint density at radius 3 is 2.71 bits per heavy atom. The van der Waals surface area contributed by atoms with Gasteiger partial charge in [-0.3, -0.25) is 0 Å². The summed E-state index contributed by atoms with van der Waals surface area (Å²) < 4.78 is 5.50. The highest BCUT2D eigenvalue weighted by Crippen LogP contribution is 2.16. The average Bonchev–Trinajstić information content (AvgIpc) is 2.75. The number of guanidine groups is 1. The van der Waals surface area contributed by atoms with E-state index in [4.69, 9.17) is 10.5 Å². The molecule has 1 aliphatic rings. The number of aromatic nitrogens is 1. The summed E-state index contributed by atoms with van der Waals surface area (Å²) in [5.41, 5.74) is 7.08. The van der Waals surface area contributed by atoms with Gasteiger partial charge in [0.1, 0.15) is 0 Å². The Bertz CT molecular complexity index is 445. The van der Waals surface area contributed by atoms with E-state index in [9.17, 15) is 0 Å². The first-order chi connectivity index (χ1) is 9.81. The van der Waals surface area contributed by atoms with Gasteiger partial charge in [-0.25, -0.2) is 9.98 Å². The number of nitrogens with two attached hydrogens (primary N) is 1. The largest absolute Gasteiger partial charge is 0.478 e. The smallest absolute Gasteiger partial charge is 0.218 e. The molecule has 0 amide bonds. The van der Waals surface area contributed by atoms with Gasteiger partial charge in [0.05, 0.1) is 13.2 Å². The highest BCUT2D eigenvalue weighted by Gasteiger charge is 2.11. The lowest BCUT2D eigenvalue weighted by Crippen LogP contribution is -2.38. The molecule has 1 fully saturated rings. The van der Waals surface area contributed by atoms with E-state index in [1.807, 2.05) is 19.1 Å². The Morgan fingerprint density at radius 2 is 2.05 bits per heavy atom. The van der Waals surface area contributed by atoms with Gasteiger partial charge in [0.15, 0.2) is 5.96 Å². The minimum absolute atomic E-state index is 0. The molecule has 0 radical (unpaired) electrons. The van der Waals surface area contributed by atoms with E-state index in [-0.39, 0.29) is 24.0 Å². The van der Waals surface area contributed by atoms with Crippen LogP contribution in [-0.4, -0.2) is 35.5 Å². The zero-order chi connectivity index (χ0) is 14.2. The number of hydrogen-bond acceptors (Lipinski definition) is 3. The van der Waals surface area contributed by atoms with Crippen molar-refractivity contribution in [2.75, 3.05) is 19.7 Å². The van der Waals surface area contributed by atoms with Crippen LogP contribution in [0.5, 0.6) is 5.88 Å². The second kappa shape index (κ2) is 9.81. The van der Waals surface area contributed by atoms with Crippen molar-refractivity contribution in [3.8, 4) is 5.88 Å². The van der Waals surface area contributed by atoms with Gasteiger partial charge in [-0.05, 0) is 25.8 Å². The first kappa shape index (κ1) is 18.0. The lowest BCUT2D eigenvalue weighted by Gasteiger charge is -2.21. The summed E-state index contributed by atoms with van der Waals surface area (Å²) in [5, 5.41) is 0. The van der Waals surface area contributed by atoms with Crippen molar-refractivity contribution in [2.24, 2.45) is 10.7 Å². The fraction of sp³-hybridized carbons (Fsp3) is 0.600. The van der Waals surface area contributed by atoms with Crippen LogP contribution in [0.2, 0.25) is 0 Å². The van der Waals surface area contributed by atoms with Crippen LogP contribution in [0, 0.1) is 0 Å². The van der Waals surface area contributed by atoms with Crippen molar-refractivity contribution < 1.29 is 4.74 Å². The average molecular weight is 404 g/mol. The van der Waals surface area contributed by atoms with Crippen LogP contribution in [0.3, 0.4) is 0 Å². The number of halogens is 1. The SMILES string of the molecule is CCOc1ncccc1CN=C(N)N1CCCCCC1.I. The molecule has 1 saturated heterocycles. The van der Waals surface area contributed by atoms with E-state index in [1.165, 1.54) is 25.7 Å². The molecule has 0 atom stereocenters. The molecule has 2 rings (SSSR count). The quantitative estimate of drug-likeness (QED) is 0.476. The van der Waals surface area contributed by atoms with E-state index in [2.05, 4.69) is 14.9 Å². The number of pyridine rings is 1. The minimum atomic E-state index is 0. The van der Waals surface area contributed by atoms with Crippen molar-refractivity contribution in [3.63, 3.8) is 0 Å². The lowest BCUT2D eigenvalue weighted by molar-refractivity contribution is 0.323. The first-order valence-electron chi connectivity index (χ1n) is 7.43. The molecule has 0 unspecified atom stereocenters. The molecule has 118 valence electrons. The third kappa shape index (κ3) is 5.68. The Labute approximate surface area is 144 Å². The Balaban J connectivity index is 0.00000220. The number of aliphatic imine (C=N–C) groups is 1. The normalized spacial score (nSPS) is 16.0. The van der Waals surface area contributed by atoms with Gasteiger partial charge < -0.3 is 15.4 Å². The Hall–Kier alpha value is -1.05. The van der Waals surface area contributed by atoms with Gasteiger partial charge in [-0.2, -0.15) is 0 Å². The molecule has 1 aromatic rings. The molecule has 6 heteroatoms.